The highest BCUT2D eigenvalue weighted by Crippen LogP contribution is 2.24. The van der Waals surface area contributed by atoms with Crippen molar-refractivity contribution in [3.8, 4) is 0 Å². The van der Waals surface area contributed by atoms with Crippen molar-refractivity contribution in [2.75, 3.05) is 6.61 Å². The number of nitrogens with one attached hydrogen (secondary N) is 2. The maximum absolute atomic E-state index is 11.6. The molecule has 1 aromatic carbocycles. The van der Waals surface area contributed by atoms with E-state index in [1.165, 1.54) is 6.92 Å². The van der Waals surface area contributed by atoms with Gasteiger partial charge in [-0.05, 0) is 31.5 Å². The zero-order valence-electron chi connectivity index (χ0n) is 12.8. The third kappa shape index (κ3) is 4.53. The van der Waals surface area contributed by atoms with E-state index in [1.54, 1.807) is 19.1 Å². The first-order valence-corrected chi connectivity index (χ1v) is 7.48. The minimum atomic E-state index is -0.528. The quantitative estimate of drug-likeness (QED) is 0.498. The lowest BCUT2D eigenvalue weighted by Gasteiger charge is -2.25. The smallest absolute Gasteiger partial charge is 0.354 e. The van der Waals surface area contributed by atoms with Crippen LogP contribution in [0.4, 0.5) is 0 Å². The Morgan fingerprint density at radius 2 is 2.04 bits per heavy atom. The van der Waals surface area contributed by atoms with Crippen LogP contribution in [0.3, 0.4) is 0 Å². The molecular weight excluding hydrogens is 320 g/mol. The fraction of sp³-hybridized carbons (Fsp3) is 0.333. The zero-order valence-corrected chi connectivity index (χ0v) is 13.6. The van der Waals surface area contributed by atoms with Gasteiger partial charge in [-0.1, -0.05) is 23.7 Å². The number of hydrogen-bond acceptors (Lipinski definition) is 5. The van der Waals surface area contributed by atoms with Gasteiger partial charge in [0.05, 0.1) is 12.5 Å². The Balaban J connectivity index is 2.25. The van der Waals surface area contributed by atoms with Crippen LogP contribution in [0.2, 0.25) is 5.02 Å². The molecule has 0 saturated carbocycles. The predicted octanol–water partition coefficient (Wildman–Crippen LogP) is 1.79. The van der Waals surface area contributed by atoms with Gasteiger partial charge in [-0.3, -0.25) is 15.6 Å². The molecule has 8 heteroatoms. The molecule has 1 aromatic rings. The summed E-state index contributed by atoms with van der Waals surface area (Å²) in [4.78, 5) is 23.2. The van der Waals surface area contributed by atoms with Crippen LogP contribution in [0, 0.1) is 0 Å². The summed E-state index contributed by atoms with van der Waals surface area (Å²) in [5, 5.41) is 8.53. The van der Waals surface area contributed by atoms with E-state index < -0.39 is 5.97 Å². The SMILES string of the molecule is CCOC(=O)/C(C)=N\N=C1/NNC(=O)CC1c1ccc(Cl)cc1. The number of amides is 1. The van der Waals surface area contributed by atoms with Crippen molar-refractivity contribution in [2.24, 2.45) is 10.2 Å². The molecule has 1 amide bonds. The Morgan fingerprint density at radius 3 is 2.70 bits per heavy atom. The Hall–Kier alpha value is -2.41. The van der Waals surface area contributed by atoms with Crippen LogP contribution < -0.4 is 10.9 Å². The second kappa shape index (κ2) is 7.73. The van der Waals surface area contributed by atoms with Crippen LogP contribution in [-0.2, 0) is 14.3 Å². The number of hydrogen-bond donors (Lipinski definition) is 2. The topological polar surface area (TPSA) is 92.2 Å². The molecule has 1 fully saturated rings. The molecule has 0 spiro atoms. The Morgan fingerprint density at radius 1 is 1.35 bits per heavy atom. The lowest BCUT2D eigenvalue weighted by atomic mass is 9.93. The Labute approximate surface area is 138 Å². The minimum absolute atomic E-state index is 0.132. The summed E-state index contributed by atoms with van der Waals surface area (Å²) in [5.74, 6) is -0.537. The standard InChI is InChI=1S/C15H17ClN4O3/c1-3-23-15(22)9(2)17-19-14-12(8-13(21)18-20-14)10-4-6-11(16)7-5-10/h4-7,12H,3,8H2,1-2H3,(H,18,21)(H,19,20)/b17-9-. The van der Waals surface area contributed by atoms with E-state index in [0.29, 0.717) is 10.9 Å². The number of nitrogens with zero attached hydrogens (tertiary/aromatic N) is 2. The van der Waals surface area contributed by atoms with E-state index in [4.69, 9.17) is 16.3 Å². The lowest BCUT2D eigenvalue weighted by Crippen LogP contribution is -2.50. The molecule has 2 rings (SSSR count). The van der Waals surface area contributed by atoms with E-state index in [2.05, 4.69) is 21.1 Å². The lowest BCUT2D eigenvalue weighted by molar-refractivity contribution is -0.135. The molecule has 1 aliphatic heterocycles. The predicted molar refractivity (Wildman–Crippen MR) is 87.3 cm³/mol. The maximum atomic E-state index is 11.6. The fourth-order valence-electron chi connectivity index (χ4n) is 2.02. The van der Waals surface area contributed by atoms with Gasteiger partial charge in [0.1, 0.15) is 5.71 Å². The number of halogens is 1. The Kier molecular flexibility index (Phi) is 5.70. The van der Waals surface area contributed by atoms with E-state index in [1.807, 2.05) is 12.1 Å². The highest BCUT2D eigenvalue weighted by atomic mass is 35.5. The van der Waals surface area contributed by atoms with E-state index in [9.17, 15) is 9.59 Å². The molecule has 1 unspecified atom stereocenters. The molecule has 23 heavy (non-hydrogen) atoms. The zero-order chi connectivity index (χ0) is 16.8. The van der Waals surface area contributed by atoms with E-state index in [0.717, 1.165) is 5.56 Å². The van der Waals surface area contributed by atoms with Crippen LogP contribution in [0.15, 0.2) is 34.5 Å². The van der Waals surface area contributed by atoms with Gasteiger partial charge in [-0.15, -0.1) is 10.2 Å². The number of hydrazine groups is 1. The Bertz CT molecular complexity index is 655. The summed E-state index contributed by atoms with van der Waals surface area (Å²) in [6, 6.07) is 7.14. The number of benzene rings is 1. The number of carbonyl (C=O) groups excluding carboxylic acids is 2. The normalized spacial score (nSPS) is 20.0. The van der Waals surface area contributed by atoms with E-state index in [-0.39, 0.29) is 30.6 Å². The highest BCUT2D eigenvalue weighted by molar-refractivity contribution is 6.35. The minimum Gasteiger partial charge on any atom is -0.461 e. The number of amidine groups is 1. The van der Waals surface area contributed by atoms with Crippen molar-refractivity contribution < 1.29 is 14.3 Å². The highest BCUT2D eigenvalue weighted by Gasteiger charge is 2.27. The summed E-state index contributed by atoms with van der Waals surface area (Å²) < 4.78 is 4.84. The third-order valence-corrected chi connectivity index (χ3v) is 3.45. The van der Waals surface area contributed by atoms with Gasteiger partial charge in [0.2, 0.25) is 5.91 Å². The summed E-state index contributed by atoms with van der Waals surface area (Å²) in [6.45, 7) is 3.50. The van der Waals surface area contributed by atoms with E-state index >= 15 is 0 Å². The van der Waals surface area contributed by atoms with Crippen molar-refractivity contribution >= 4 is 35.0 Å². The van der Waals surface area contributed by atoms with Gasteiger partial charge in [-0.25, -0.2) is 4.79 Å². The van der Waals surface area contributed by atoms with Crippen LogP contribution in [-0.4, -0.2) is 30.0 Å². The number of rotatable bonds is 4. The van der Waals surface area contributed by atoms with Gasteiger partial charge < -0.3 is 4.74 Å². The molecule has 122 valence electrons. The maximum Gasteiger partial charge on any atom is 0.354 e. The molecule has 0 bridgehead atoms. The molecule has 1 atom stereocenters. The number of ether oxygens (including phenoxy) is 1. The monoisotopic (exact) mass is 336 g/mol. The molecule has 1 saturated heterocycles. The second-order valence-electron chi connectivity index (χ2n) is 4.87. The van der Waals surface area contributed by atoms with Gasteiger partial charge >= 0.3 is 5.97 Å². The van der Waals surface area contributed by atoms with Gasteiger partial charge in [0.25, 0.3) is 0 Å². The van der Waals surface area contributed by atoms with Gasteiger partial charge in [0, 0.05) is 11.4 Å². The third-order valence-electron chi connectivity index (χ3n) is 3.20. The largest absolute Gasteiger partial charge is 0.461 e. The first kappa shape index (κ1) is 17.0. The number of carbonyl (C=O) groups is 2. The van der Waals surface area contributed by atoms with Crippen molar-refractivity contribution in [1.29, 1.82) is 0 Å². The summed E-state index contributed by atoms with van der Waals surface area (Å²) >= 11 is 5.88. The van der Waals surface area contributed by atoms with Gasteiger partial charge in [0.15, 0.2) is 5.84 Å². The first-order valence-electron chi connectivity index (χ1n) is 7.10. The molecule has 0 radical (unpaired) electrons. The van der Waals surface area contributed by atoms with Crippen LogP contribution in [0.5, 0.6) is 0 Å². The van der Waals surface area contributed by atoms with Crippen molar-refractivity contribution in [1.82, 2.24) is 10.9 Å². The van der Waals surface area contributed by atoms with Gasteiger partial charge in [-0.2, -0.15) is 0 Å². The van der Waals surface area contributed by atoms with Crippen LogP contribution >= 0.6 is 11.6 Å². The first-order chi connectivity index (χ1) is 11.0. The average Bonchev–Trinajstić information content (AvgIpc) is 2.54. The van der Waals surface area contributed by atoms with Crippen molar-refractivity contribution in [3.63, 3.8) is 0 Å². The molecule has 7 nitrogen and oxygen atoms in total. The van der Waals surface area contributed by atoms with Crippen LogP contribution in [0.25, 0.3) is 0 Å². The summed E-state index contributed by atoms with van der Waals surface area (Å²) in [5.41, 5.74) is 6.21. The van der Waals surface area contributed by atoms with Crippen molar-refractivity contribution in [2.45, 2.75) is 26.2 Å². The molecule has 1 aliphatic rings. The fourth-order valence-corrected chi connectivity index (χ4v) is 2.15. The molecule has 0 aliphatic carbocycles. The summed E-state index contributed by atoms with van der Waals surface area (Å²) in [6.07, 6.45) is 0.224. The molecule has 1 heterocycles. The number of esters is 1. The molecule has 2 N–H and O–H groups in total. The molecule has 0 aromatic heterocycles. The molecular formula is C15H17ClN4O3. The van der Waals surface area contributed by atoms with Crippen molar-refractivity contribution in [3.05, 3.63) is 34.9 Å². The average molecular weight is 337 g/mol. The second-order valence-corrected chi connectivity index (χ2v) is 5.31. The summed E-state index contributed by atoms with van der Waals surface area (Å²) in [7, 11) is 0. The van der Waals surface area contributed by atoms with Crippen LogP contribution in [0.1, 0.15) is 31.7 Å².